The van der Waals surface area contributed by atoms with Gasteiger partial charge in [0.05, 0.1) is 11.5 Å². The summed E-state index contributed by atoms with van der Waals surface area (Å²) in [7, 11) is 0. The first-order valence-electron chi connectivity index (χ1n) is 4.03. The maximum Gasteiger partial charge on any atom is 0.379 e. The minimum absolute atomic E-state index is 0.988. The number of hydrogen-bond donors (Lipinski definition) is 5. The van der Waals surface area contributed by atoms with Gasteiger partial charge in [0.15, 0.2) is 18.5 Å². The SMILES string of the molecule is O=[N+]([O-])[C@]1(O)[C@H](O)[C@@H](O)C(O)O[C@@H]1CO. The Morgan fingerprint density at radius 1 is 1.40 bits per heavy atom. The van der Waals surface area contributed by atoms with Crippen LogP contribution in [0.25, 0.3) is 0 Å². The Labute approximate surface area is 83.3 Å². The average molecular weight is 225 g/mol. The number of rotatable bonds is 2. The zero-order chi connectivity index (χ0) is 11.8. The van der Waals surface area contributed by atoms with E-state index in [1.165, 1.54) is 0 Å². The normalized spacial score (nSPS) is 46.5. The molecule has 5 N–H and O–H groups in total. The second-order valence-electron chi connectivity index (χ2n) is 3.17. The molecule has 1 aliphatic heterocycles. The van der Waals surface area contributed by atoms with Gasteiger partial charge in [-0.15, -0.1) is 0 Å². The summed E-state index contributed by atoms with van der Waals surface area (Å²) in [5.74, 6) is 0. The fourth-order valence-electron chi connectivity index (χ4n) is 1.35. The molecular formula is C6H11NO8. The van der Waals surface area contributed by atoms with Crippen LogP contribution >= 0.6 is 0 Å². The Morgan fingerprint density at radius 2 is 1.93 bits per heavy atom. The Bertz CT molecular complexity index is 256. The topological polar surface area (TPSA) is 154 Å². The minimum Gasteiger partial charge on any atom is -0.393 e. The van der Waals surface area contributed by atoms with Gasteiger partial charge in [-0.1, -0.05) is 0 Å². The predicted octanol–water partition coefficient (Wildman–Crippen LogP) is -3.62. The van der Waals surface area contributed by atoms with Crippen LogP contribution in [0.1, 0.15) is 0 Å². The van der Waals surface area contributed by atoms with Crippen molar-refractivity contribution in [1.29, 1.82) is 0 Å². The largest absolute Gasteiger partial charge is 0.393 e. The van der Waals surface area contributed by atoms with Crippen LogP contribution in [0.2, 0.25) is 0 Å². The molecule has 9 nitrogen and oxygen atoms in total. The van der Waals surface area contributed by atoms with Crippen LogP contribution in [-0.4, -0.2) is 67.4 Å². The number of ether oxygens (including phenoxy) is 1. The quantitative estimate of drug-likeness (QED) is 0.183. The van der Waals surface area contributed by atoms with Crippen molar-refractivity contribution in [2.45, 2.75) is 30.3 Å². The van der Waals surface area contributed by atoms with Gasteiger partial charge in [-0.3, -0.25) is 10.1 Å². The molecule has 1 heterocycles. The Hall–Kier alpha value is -0.840. The van der Waals surface area contributed by atoms with Gasteiger partial charge in [0, 0.05) is 0 Å². The van der Waals surface area contributed by atoms with Crippen LogP contribution in [-0.2, 0) is 4.74 Å². The summed E-state index contributed by atoms with van der Waals surface area (Å²) in [4.78, 5) is 9.24. The molecule has 0 aromatic heterocycles. The van der Waals surface area contributed by atoms with E-state index in [-0.39, 0.29) is 0 Å². The monoisotopic (exact) mass is 225 g/mol. The Balaban J connectivity index is 3.04. The van der Waals surface area contributed by atoms with Gasteiger partial charge in [-0.25, -0.2) is 0 Å². The third-order valence-electron chi connectivity index (χ3n) is 2.29. The third kappa shape index (κ3) is 1.69. The second-order valence-corrected chi connectivity index (χ2v) is 3.17. The molecule has 1 aliphatic rings. The van der Waals surface area contributed by atoms with Gasteiger partial charge >= 0.3 is 5.72 Å². The predicted molar refractivity (Wildman–Crippen MR) is 41.9 cm³/mol. The van der Waals surface area contributed by atoms with Gasteiger partial charge in [-0.2, -0.15) is 0 Å². The van der Waals surface area contributed by atoms with Crippen molar-refractivity contribution < 1.29 is 35.2 Å². The molecule has 9 heteroatoms. The molecule has 1 fully saturated rings. The van der Waals surface area contributed by atoms with Crippen molar-refractivity contribution >= 4 is 0 Å². The molecule has 0 aliphatic carbocycles. The van der Waals surface area contributed by atoms with Crippen LogP contribution in [0.3, 0.4) is 0 Å². The lowest BCUT2D eigenvalue weighted by molar-refractivity contribution is -0.665. The van der Waals surface area contributed by atoms with Crippen molar-refractivity contribution in [3.8, 4) is 0 Å². The lowest BCUT2D eigenvalue weighted by Gasteiger charge is -2.39. The molecule has 0 radical (unpaired) electrons. The molecule has 0 aromatic rings. The molecule has 1 unspecified atom stereocenters. The first-order valence-corrected chi connectivity index (χ1v) is 4.03. The fraction of sp³-hybridized carbons (Fsp3) is 1.00. The molecule has 5 atom stereocenters. The Morgan fingerprint density at radius 3 is 2.33 bits per heavy atom. The van der Waals surface area contributed by atoms with Crippen molar-refractivity contribution in [1.82, 2.24) is 0 Å². The molecule has 1 saturated heterocycles. The third-order valence-corrected chi connectivity index (χ3v) is 2.29. The number of nitrogens with zero attached hydrogens (tertiary/aromatic N) is 1. The van der Waals surface area contributed by atoms with Gasteiger partial charge in [0.1, 0.15) is 6.10 Å². The lowest BCUT2D eigenvalue weighted by atomic mass is 9.93. The maximum absolute atomic E-state index is 10.5. The number of hydrogen-bond acceptors (Lipinski definition) is 8. The summed E-state index contributed by atoms with van der Waals surface area (Å²) in [5, 5.41) is 56.0. The van der Waals surface area contributed by atoms with Crippen LogP contribution in [0.5, 0.6) is 0 Å². The van der Waals surface area contributed by atoms with Crippen LogP contribution in [0, 0.1) is 10.1 Å². The highest BCUT2D eigenvalue weighted by molar-refractivity contribution is 4.94. The molecule has 0 amide bonds. The van der Waals surface area contributed by atoms with Gasteiger partial charge < -0.3 is 30.3 Å². The number of aliphatic hydroxyl groups excluding tert-OH is 4. The van der Waals surface area contributed by atoms with Crippen LogP contribution in [0.15, 0.2) is 0 Å². The van der Waals surface area contributed by atoms with Crippen LogP contribution in [0.4, 0.5) is 0 Å². The molecule has 0 aromatic carbocycles. The van der Waals surface area contributed by atoms with Crippen molar-refractivity contribution in [2.75, 3.05) is 6.61 Å². The standard InChI is InChI=1S/C6H11NO8/c8-1-2-6(12,7(13)14)4(10)3(9)5(11)15-2/h2-5,8-12H,1H2/t2-,3-,4-,5?,6-/m1/s1. The van der Waals surface area contributed by atoms with Gasteiger partial charge in [-0.05, 0) is 0 Å². The van der Waals surface area contributed by atoms with Crippen molar-refractivity contribution in [3.05, 3.63) is 10.1 Å². The maximum atomic E-state index is 10.5. The average Bonchev–Trinajstić information content (AvgIpc) is 2.20. The minimum atomic E-state index is -3.05. The van der Waals surface area contributed by atoms with E-state index in [0.717, 1.165) is 0 Å². The highest BCUT2D eigenvalue weighted by atomic mass is 16.7. The highest BCUT2D eigenvalue weighted by Crippen LogP contribution is 2.29. The number of nitro groups is 1. The van der Waals surface area contributed by atoms with E-state index in [4.69, 9.17) is 15.3 Å². The first kappa shape index (κ1) is 12.2. The summed E-state index contributed by atoms with van der Waals surface area (Å²) >= 11 is 0. The smallest absolute Gasteiger partial charge is 0.379 e. The molecule has 0 saturated carbocycles. The summed E-state index contributed by atoms with van der Waals surface area (Å²) in [6, 6.07) is 0. The van der Waals surface area contributed by atoms with E-state index < -0.39 is 41.9 Å². The summed E-state index contributed by atoms with van der Waals surface area (Å²) in [6.45, 7) is -0.988. The van der Waals surface area contributed by atoms with Crippen LogP contribution < -0.4 is 0 Å². The van der Waals surface area contributed by atoms with Gasteiger partial charge in [0.25, 0.3) is 0 Å². The molecule has 15 heavy (non-hydrogen) atoms. The molecule has 0 spiro atoms. The van der Waals surface area contributed by atoms with E-state index >= 15 is 0 Å². The highest BCUT2D eigenvalue weighted by Gasteiger charge is 2.64. The molecule has 88 valence electrons. The number of aliphatic hydroxyl groups is 5. The van der Waals surface area contributed by atoms with E-state index in [2.05, 4.69) is 4.74 Å². The first-order chi connectivity index (χ1) is 6.85. The zero-order valence-electron chi connectivity index (χ0n) is 7.42. The zero-order valence-corrected chi connectivity index (χ0v) is 7.42. The summed E-state index contributed by atoms with van der Waals surface area (Å²) < 4.78 is 4.40. The molecule has 0 bridgehead atoms. The summed E-state index contributed by atoms with van der Waals surface area (Å²) in [6.07, 6.45) is -8.00. The summed E-state index contributed by atoms with van der Waals surface area (Å²) in [5.41, 5.74) is -3.05. The van der Waals surface area contributed by atoms with Gasteiger partial charge in [0.2, 0.25) is 0 Å². The lowest BCUT2D eigenvalue weighted by Crippen LogP contribution is -2.70. The Kier molecular flexibility index (Phi) is 3.23. The van der Waals surface area contributed by atoms with E-state index in [0.29, 0.717) is 0 Å². The van der Waals surface area contributed by atoms with E-state index in [1.54, 1.807) is 0 Å². The molecular weight excluding hydrogens is 214 g/mol. The van der Waals surface area contributed by atoms with Crippen molar-refractivity contribution in [2.24, 2.45) is 0 Å². The van der Waals surface area contributed by atoms with E-state index in [9.17, 15) is 20.3 Å². The van der Waals surface area contributed by atoms with Crippen molar-refractivity contribution in [3.63, 3.8) is 0 Å². The second kappa shape index (κ2) is 3.96. The van der Waals surface area contributed by atoms with E-state index in [1.807, 2.05) is 0 Å². The molecule has 1 rings (SSSR count). The fourth-order valence-corrected chi connectivity index (χ4v) is 1.35.